The van der Waals surface area contributed by atoms with Gasteiger partial charge in [-0.05, 0) is 142 Å². The number of amides is 1. The Morgan fingerprint density at radius 2 is 1.61 bits per heavy atom. The van der Waals surface area contributed by atoms with Gasteiger partial charge in [-0.15, -0.1) is 0 Å². The number of nitro groups is 1. The summed E-state index contributed by atoms with van der Waals surface area (Å²) in [5.74, 6) is 0.942. The van der Waals surface area contributed by atoms with Gasteiger partial charge in [-0.3, -0.25) is 19.8 Å². The van der Waals surface area contributed by atoms with Crippen LogP contribution in [0.15, 0.2) is 90.1 Å². The first-order valence-electron chi connectivity index (χ1n) is 21.0. The molecule has 9 rings (SSSR count). The number of hydrogen-bond donors (Lipinski definition) is 3. The number of ether oxygens (including phenoxy) is 2. The van der Waals surface area contributed by atoms with Crippen LogP contribution < -0.4 is 14.8 Å². The van der Waals surface area contributed by atoms with Gasteiger partial charge < -0.3 is 19.8 Å². The summed E-state index contributed by atoms with van der Waals surface area (Å²) >= 11 is 0. The van der Waals surface area contributed by atoms with Crippen molar-refractivity contribution in [1.29, 1.82) is 0 Å². The summed E-state index contributed by atoms with van der Waals surface area (Å²) in [5, 5.41) is 16.0. The number of sulfonamides is 1. The Morgan fingerprint density at radius 3 is 2.37 bits per heavy atom. The Hall–Kier alpha value is -5.31. The highest BCUT2D eigenvalue weighted by Crippen LogP contribution is 2.44. The van der Waals surface area contributed by atoms with Crippen LogP contribution in [0.25, 0.3) is 11.0 Å². The van der Waals surface area contributed by atoms with Gasteiger partial charge >= 0.3 is 0 Å². The molecule has 5 aromatic rings. The molecular weight excluding hydrogens is 769 g/mol. The molecule has 4 aliphatic rings. The van der Waals surface area contributed by atoms with Crippen LogP contribution in [0.4, 0.5) is 11.4 Å². The molecule has 13 nitrogen and oxygen atoms in total. The Morgan fingerprint density at radius 1 is 0.881 bits per heavy atom. The smallest absolute Gasteiger partial charge is 0.293 e. The monoisotopic (exact) mass is 818 g/mol. The van der Waals surface area contributed by atoms with E-state index in [0.29, 0.717) is 43.2 Å². The number of nitrogens with one attached hydrogen (secondary N) is 3. The summed E-state index contributed by atoms with van der Waals surface area (Å²) in [6.07, 6.45) is 14.1. The second kappa shape index (κ2) is 16.7. The molecule has 1 amide bonds. The summed E-state index contributed by atoms with van der Waals surface area (Å²) in [6, 6.07) is 22.9. The first kappa shape index (κ1) is 39.2. The predicted molar refractivity (Wildman–Crippen MR) is 224 cm³/mol. The van der Waals surface area contributed by atoms with Crippen molar-refractivity contribution < 1.29 is 27.6 Å². The van der Waals surface area contributed by atoms with Crippen LogP contribution in [-0.4, -0.2) is 66.5 Å². The van der Waals surface area contributed by atoms with E-state index in [9.17, 15) is 23.3 Å². The molecule has 3 aromatic carbocycles. The Bertz CT molecular complexity index is 2440. The number of fused-ring (bicyclic) bond motifs is 1. The van der Waals surface area contributed by atoms with E-state index in [4.69, 9.17) is 9.47 Å². The molecule has 1 atom stereocenters. The second-order valence-corrected chi connectivity index (χ2v) is 18.3. The molecule has 1 unspecified atom stereocenters. The number of pyridine rings is 1. The first-order chi connectivity index (χ1) is 28.7. The average molecular weight is 819 g/mol. The molecule has 4 fully saturated rings. The van der Waals surface area contributed by atoms with Crippen molar-refractivity contribution >= 4 is 38.3 Å². The molecule has 0 bridgehead atoms. The van der Waals surface area contributed by atoms with Crippen molar-refractivity contribution in [2.75, 3.05) is 31.6 Å². The Labute approximate surface area is 344 Å². The molecule has 2 aliphatic carbocycles. The summed E-state index contributed by atoms with van der Waals surface area (Å²) in [7, 11) is -4.52. The van der Waals surface area contributed by atoms with Crippen molar-refractivity contribution in [3.05, 3.63) is 118 Å². The largest absolute Gasteiger partial charge is 0.455 e. The standard InChI is InChI=1S/C45H50N6O7S/c52-45(49-59(55,56)38-14-16-40(42(26-38)51(53)54)47-27-29-18-22-57-23-19-29)39-15-11-34(25-43(39)58-37-24-35-17-20-46-44(35)48-28-37)32-9-12-36(13-10-32)50-21-1-2-41(50)33-7-5-31(6-8-33)30-3-4-30/h5-8,11,14-17,20,24-26,28-30,32,36,41,47H,1-4,9-10,12-13,18-19,21-23,27H2,(H,46,48)(H,49,52). The topological polar surface area (TPSA) is 169 Å². The second-order valence-electron chi connectivity index (χ2n) is 16.6. The van der Waals surface area contributed by atoms with Crippen LogP contribution in [0.5, 0.6) is 11.5 Å². The number of nitrogens with zero attached hydrogens (tertiary/aromatic N) is 3. The number of carbonyl (C=O) groups excluding carboxylic acids is 1. The highest BCUT2D eigenvalue weighted by atomic mass is 32.2. The van der Waals surface area contributed by atoms with E-state index in [-0.39, 0.29) is 28.8 Å². The van der Waals surface area contributed by atoms with Crippen LogP contribution in [0.2, 0.25) is 0 Å². The number of likely N-dealkylation sites (tertiary alicyclic amines) is 1. The van der Waals surface area contributed by atoms with Gasteiger partial charge in [-0.1, -0.05) is 30.3 Å². The average Bonchev–Trinajstić information content (AvgIpc) is 3.80. The Kier molecular flexibility index (Phi) is 11.1. The minimum absolute atomic E-state index is 0.0111. The van der Waals surface area contributed by atoms with E-state index >= 15 is 0 Å². The number of carbonyl (C=O) groups is 1. The maximum atomic E-state index is 13.9. The van der Waals surface area contributed by atoms with Crippen molar-refractivity contribution in [1.82, 2.24) is 19.6 Å². The van der Waals surface area contributed by atoms with Gasteiger partial charge in [0.2, 0.25) is 0 Å². The number of aromatic amines is 1. The van der Waals surface area contributed by atoms with E-state index in [2.05, 4.69) is 49.2 Å². The van der Waals surface area contributed by atoms with Gasteiger partial charge in [-0.25, -0.2) is 18.1 Å². The van der Waals surface area contributed by atoms with Crippen molar-refractivity contribution in [2.24, 2.45) is 5.92 Å². The highest BCUT2D eigenvalue weighted by molar-refractivity contribution is 7.90. The molecule has 2 saturated carbocycles. The van der Waals surface area contributed by atoms with Crippen LogP contribution in [0, 0.1) is 16.0 Å². The molecule has 0 spiro atoms. The fraction of sp³-hybridized carbons (Fsp3) is 0.422. The molecule has 14 heteroatoms. The number of aromatic nitrogens is 2. The number of benzene rings is 3. The van der Waals surface area contributed by atoms with Crippen molar-refractivity contribution in [3.63, 3.8) is 0 Å². The summed E-state index contributed by atoms with van der Waals surface area (Å²) in [4.78, 5) is 35.2. The molecule has 2 saturated heterocycles. The van der Waals surface area contributed by atoms with Gasteiger partial charge in [-0.2, -0.15) is 0 Å². The van der Waals surface area contributed by atoms with Gasteiger partial charge in [0.05, 0.1) is 21.6 Å². The molecule has 3 N–H and O–H groups in total. The Balaban J connectivity index is 0.921. The van der Waals surface area contributed by atoms with Crippen LogP contribution in [-0.2, 0) is 14.8 Å². The highest BCUT2D eigenvalue weighted by Gasteiger charge is 2.35. The maximum Gasteiger partial charge on any atom is 0.293 e. The lowest BCUT2D eigenvalue weighted by Gasteiger charge is -2.38. The fourth-order valence-electron chi connectivity index (χ4n) is 9.32. The third kappa shape index (κ3) is 8.71. The molecule has 0 radical (unpaired) electrons. The lowest BCUT2D eigenvalue weighted by molar-refractivity contribution is -0.384. The minimum atomic E-state index is -4.52. The fourth-order valence-corrected chi connectivity index (χ4v) is 10.3. The lowest BCUT2D eigenvalue weighted by atomic mass is 9.80. The SMILES string of the molecule is O=C(NS(=O)(=O)c1ccc(NCC2CCOCC2)c([N+](=O)[O-])c1)c1ccc(C2CCC(N3CCCC3c3ccc(C4CC4)cc3)CC2)cc1Oc1cnc2[nH]ccc2c1. The summed E-state index contributed by atoms with van der Waals surface area (Å²) in [5.41, 5.74) is 4.41. The van der Waals surface area contributed by atoms with E-state index in [1.165, 1.54) is 48.9 Å². The van der Waals surface area contributed by atoms with Gasteiger partial charge in [0.1, 0.15) is 22.8 Å². The molecule has 4 heterocycles. The van der Waals surface area contributed by atoms with E-state index in [0.717, 1.165) is 68.0 Å². The third-order valence-corrected chi connectivity index (χ3v) is 14.1. The molecule has 59 heavy (non-hydrogen) atoms. The summed E-state index contributed by atoms with van der Waals surface area (Å²) in [6.45, 7) is 2.88. The van der Waals surface area contributed by atoms with Crippen molar-refractivity contribution in [3.8, 4) is 11.5 Å². The van der Waals surface area contributed by atoms with Crippen LogP contribution >= 0.6 is 0 Å². The number of hydrogen-bond acceptors (Lipinski definition) is 10. The first-order valence-corrected chi connectivity index (χ1v) is 22.4. The quantitative estimate of drug-likeness (QED) is 0.0770. The third-order valence-electron chi connectivity index (χ3n) is 12.8. The van der Waals surface area contributed by atoms with Crippen LogP contribution in [0.1, 0.15) is 109 Å². The molecular formula is C45H50N6O7S. The van der Waals surface area contributed by atoms with E-state index < -0.39 is 31.4 Å². The van der Waals surface area contributed by atoms with E-state index in [1.807, 2.05) is 18.2 Å². The van der Waals surface area contributed by atoms with Crippen LogP contribution in [0.3, 0.4) is 0 Å². The number of anilines is 1. The molecule has 2 aliphatic heterocycles. The predicted octanol–water partition coefficient (Wildman–Crippen LogP) is 8.96. The normalized spacial score (nSPS) is 21.7. The zero-order valence-electron chi connectivity index (χ0n) is 33.0. The number of H-pyrrole nitrogens is 1. The van der Waals surface area contributed by atoms with Gasteiger partial charge in [0, 0.05) is 49.5 Å². The molecule has 308 valence electrons. The lowest BCUT2D eigenvalue weighted by Crippen LogP contribution is -2.37. The number of rotatable bonds is 13. The van der Waals surface area contributed by atoms with Gasteiger partial charge in [0.25, 0.3) is 21.6 Å². The number of nitro benzene ring substituents is 1. The summed E-state index contributed by atoms with van der Waals surface area (Å²) < 4.78 is 41.2. The van der Waals surface area contributed by atoms with Gasteiger partial charge in [0.15, 0.2) is 0 Å². The van der Waals surface area contributed by atoms with E-state index in [1.54, 1.807) is 24.5 Å². The zero-order valence-corrected chi connectivity index (χ0v) is 33.8. The molecule has 2 aromatic heterocycles. The maximum absolute atomic E-state index is 13.9. The zero-order chi connectivity index (χ0) is 40.5. The minimum Gasteiger partial charge on any atom is -0.455 e. The van der Waals surface area contributed by atoms with Crippen molar-refractivity contribution in [2.45, 2.75) is 93.0 Å².